The minimum Gasteiger partial charge on any atom is -0.378 e. The van der Waals surface area contributed by atoms with Crippen LogP contribution in [0.4, 0.5) is 5.69 Å². The van der Waals surface area contributed by atoms with E-state index in [1.807, 2.05) is 43.0 Å². The van der Waals surface area contributed by atoms with Gasteiger partial charge >= 0.3 is 0 Å². The van der Waals surface area contributed by atoms with Gasteiger partial charge in [-0.25, -0.2) is 4.68 Å². The molecule has 0 amide bonds. The molecule has 0 spiro atoms. The molecule has 0 atom stereocenters. The van der Waals surface area contributed by atoms with Crippen LogP contribution in [0.2, 0.25) is 0 Å². The summed E-state index contributed by atoms with van der Waals surface area (Å²) in [6, 6.07) is 14.3. The van der Waals surface area contributed by atoms with Crippen molar-refractivity contribution in [1.82, 2.24) is 15.0 Å². The van der Waals surface area contributed by atoms with Crippen LogP contribution in [0, 0.1) is 3.57 Å². The van der Waals surface area contributed by atoms with Gasteiger partial charge in [-0.2, -0.15) is 0 Å². The molecule has 0 N–H and O–H groups in total. The number of fused-ring (bicyclic) bond motifs is 1. The van der Waals surface area contributed by atoms with Crippen molar-refractivity contribution in [2.75, 3.05) is 19.0 Å². The fraction of sp³-hybridized carbons (Fsp3) is 0.143. The van der Waals surface area contributed by atoms with Crippen LogP contribution in [-0.4, -0.2) is 29.1 Å². The molecular formula is C14H13IN4. The first-order chi connectivity index (χ1) is 9.15. The van der Waals surface area contributed by atoms with Crippen LogP contribution in [0.1, 0.15) is 0 Å². The standard InChI is InChI=1S/C14H13IN4/c1-18(2)11-7-10(15)8-12(9-11)19-14-6-4-3-5-13(14)16-17-19/h3-9H,1-2H3. The first-order valence-corrected chi connectivity index (χ1v) is 7.02. The number of anilines is 1. The minimum atomic E-state index is 0.910. The lowest BCUT2D eigenvalue weighted by molar-refractivity contribution is 0.823. The summed E-state index contributed by atoms with van der Waals surface area (Å²) in [4.78, 5) is 2.09. The Labute approximate surface area is 125 Å². The molecule has 0 fully saturated rings. The summed E-state index contributed by atoms with van der Waals surface area (Å²) in [6.07, 6.45) is 0. The Hall–Kier alpha value is -1.63. The van der Waals surface area contributed by atoms with Gasteiger partial charge in [0, 0.05) is 23.4 Å². The summed E-state index contributed by atoms with van der Waals surface area (Å²) < 4.78 is 3.06. The highest BCUT2D eigenvalue weighted by Gasteiger charge is 2.08. The van der Waals surface area contributed by atoms with E-state index in [4.69, 9.17) is 0 Å². The van der Waals surface area contributed by atoms with Crippen molar-refractivity contribution in [3.8, 4) is 5.69 Å². The van der Waals surface area contributed by atoms with Crippen molar-refractivity contribution < 1.29 is 0 Å². The molecule has 0 radical (unpaired) electrons. The van der Waals surface area contributed by atoms with Gasteiger partial charge in [0.2, 0.25) is 0 Å². The second-order valence-electron chi connectivity index (χ2n) is 4.55. The summed E-state index contributed by atoms with van der Waals surface area (Å²) in [6.45, 7) is 0. The molecule has 1 heterocycles. The molecule has 0 aliphatic carbocycles. The van der Waals surface area contributed by atoms with E-state index >= 15 is 0 Å². The quantitative estimate of drug-likeness (QED) is 0.656. The third kappa shape index (κ3) is 2.30. The monoisotopic (exact) mass is 364 g/mol. The van der Waals surface area contributed by atoms with E-state index < -0.39 is 0 Å². The molecule has 0 bridgehead atoms. The first kappa shape index (κ1) is 12.4. The van der Waals surface area contributed by atoms with Gasteiger partial charge in [-0.3, -0.25) is 0 Å². The molecule has 3 rings (SSSR count). The van der Waals surface area contributed by atoms with Gasteiger partial charge in [-0.1, -0.05) is 17.3 Å². The molecule has 0 saturated carbocycles. The highest BCUT2D eigenvalue weighted by Crippen LogP contribution is 2.23. The highest BCUT2D eigenvalue weighted by atomic mass is 127. The zero-order valence-corrected chi connectivity index (χ0v) is 12.9. The van der Waals surface area contributed by atoms with Crippen molar-refractivity contribution >= 4 is 39.3 Å². The average Bonchev–Trinajstić information content (AvgIpc) is 2.81. The van der Waals surface area contributed by atoms with Crippen LogP contribution < -0.4 is 4.90 Å². The summed E-state index contributed by atoms with van der Waals surface area (Å²) in [5.41, 5.74) is 4.12. The fourth-order valence-corrected chi connectivity index (χ4v) is 2.64. The van der Waals surface area contributed by atoms with Gasteiger partial charge in [0.1, 0.15) is 5.52 Å². The van der Waals surface area contributed by atoms with Gasteiger partial charge < -0.3 is 4.90 Å². The number of halogens is 1. The van der Waals surface area contributed by atoms with E-state index in [0.29, 0.717) is 0 Å². The van der Waals surface area contributed by atoms with Crippen LogP contribution in [0.25, 0.3) is 16.7 Å². The average molecular weight is 364 g/mol. The lowest BCUT2D eigenvalue weighted by Gasteiger charge is -2.14. The van der Waals surface area contributed by atoms with Crippen LogP contribution in [0.3, 0.4) is 0 Å². The maximum Gasteiger partial charge on any atom is 0.113 e. The van der Waals surface area contributed by atoms with Crippen molar-refractivity contribution in [3.05, 3.63) is 46.0 Å². The Morgan fingerprint density at radius 3 is 2.68 bits per heavy atom. The lowest BCUT2D eigenvalue weighted by Crippen LogP contribution is -2.10. The smallest absolute Gasteiger partial charge is 0.113 e. The number of nitrogens with zero attached hydrogens (tertiary/aromatic N) is 4. The van der Waals surface area contributed by atoms with E-state index in [1.54, 1.807) is 0 Å². The van der Waals surface area contributed by atoms with Gasteiger partial charge in [-0.15, -0.1) is 5.10 Å². The van der Waals surface area contributed by atoms with E-state index in [1.165, 1.54) is 3.57 Å². The van der Waals surface area contributed by atoms with Crippen molar-refractivity contribution in [3.63, 3.8) is 0 Å². The molecule has 1 aromatic heterocycles. The normalized spacial score (nSPS) is 10.9. The van der Waals surface area contributed by atoms with Crippen molar-refractivity contribution in [2.45, 2.75) is 0 Å². The van der Waals surface area contributed by atoms with Crippen LogP contribution in [0.5, 0.6) is 0 Å². The zero-order chi connectivity index (χ0) is 13.4. The largest absolute Gasteiger partial charge is 0.378 e. The molecular weight excluding hydrogens is 351 g/mol. The van der Waals surface area contributed by atoms with E-state index in [9.17, 15) is 0 Å². The number of para-hydroxylation sites is 1. The molecule has 3 aromatic rings. The molecule has 4 nitrogen and oxygen atoms in total. The van der Waals surface area contributed by atoms with E-state index in [0.717, 1.165) is 22.4 Å². The molecule has 2 aromatic carbocycles. The zero-order valence-electron chi connectivity index (χ0n) is 10.7. The Morgan fingerprint density at radius 2 is 1.89 bits per heavy atom. The van der Waals surface area contributed by atoms with Crippen LogP contribution >= 0.6 is 22.6 Å². The van der Waals surface area contributed by atoms with Gasteiger partial charge in [0.25, 0.3) is 0 Å². The van der Waals surface area contributed by atoms with E-state index in [2.05, 4.69) is 56.0 Å². The number of rotatable bonds is 2. The number of hydrogen-bond donors (Lipinski definition) is 0. The van der Waals surface area contributed by atoms with Gasteiger partial charge in [0.15, 0.2) is 0 Å². The minimum absolute atomic E-state index is 0.910. The molecule has 5 heteroatoms. The maximum atomic E-state index is 4.25. The fourth-order valence-electron chi connectivity index (χ4n) is 2.00. The molecule has 0 unspecified atom stereocenters. The number of benzene rings is 2. The van der Waals surface area contributed by atoms with Gasteiger partial charge in [0.05, 0.1) is 11.2 Å². The summed E-state index contributed by atoms with van der Waals surface area (Å²) in [5, 5.41) is 8.45. The summed E-state index contributed by atoms with van der Waals surface area (Å²) >= 11 is 2.32. The Bertz CT molecular complexity index is 733. The Balaban J connectivity index is 2.21. The summed E-state index contributed by atoms with van der Waals surface area (Å²) in [5.74, 6) is 0. The number of hydrogen-bond acceptors (Lipinski definition) is 3. The van der Waals surface area contributed by atoms with Crippen molar-refractivity contribution in [2.24, 2.45) is 0 Å². The third-order valence-corrected chi connectivity index (χ3v) is 3.60. The van der Waals surface area contributed by atoms with Gasteiger partial charge in [-0.05, 0) is 52.9 Å². The molecule has 0 aliphatic rings. The molecule has 19 heavy (non-hydrogen) atoms. The maximum absolute atomic E-state index is 4.25. The lowest BCUT2D eigenvalue weighted by atomic mass is 10.2. The van der Waals surface area contributed by atoms with E-state index in [-0.39, 0.29) is 0 Å². The SMILES string of the molecule is CN(C)c1cc(I)cc(-n2nnc3ccccc32)c1. The van der Waals surface area contributed by atoms with Crippen molar-refractivity contribution in [1.29, 1.82) is 0 Å². The van der Waals surface area contributed by atoms with Crippen LogP contribution in [0.15, 0.2) is 42.5 Å². The second-order valence-corrected chi connectivity index (χ2v) is 5.80. The molecule has 0 aliphatic heterocycles. The van der Waals surface area contributed by atoms with Crippen LogP contribution in [-0.2, 0) is 0 Å². The Kier molecular flexibility index (Phi) is 3.14. The molecule has 0 saturated heterocycles. The third-order valence-electron chi connectivity index (χ3n) is 2.98. The topological polar surface area (TPSA) is 34.0 Å². The highest BCUT2D eigenvalue weighted by molar-refractivity contribution is 14.1. The Morgan fingerprint density at radius 1 is 1.11 bits per heavy atom. The predicted molar refractivity (Wildman–Crippen MR) is 85.9 cm³/mol. The predicted octanol–water partition coefficient (Wildman–Crippen LogP) is 3.09. The first-order valence-electron chi connectivity index (χ1n) is 5.94. The molecule has 96 valence electrons. The summed E-state index contributed by atoms with van der Waals surface area (Å²) in [7, 11) is 4.07. The second kappa shape index (κ2) is 4.80. The number of aromatic nitrogens is 3.